The lowest BCUT2D eigenvalue weighted by Gasteiger charge is -2.04. The number of fused-ring (bicyclic) bond motifs is 5. The lowest BCUT2D eigenvalue weighted by atomic mass is 10.1. The highest BCUT2D eigenvalue weighted by Crippen LogP contribution is 2.44. The minimum absolute atomic E-state index is 0.187. The topological polar surface area (TPSA) is 550 Å². The number of imidazole rings is 1. The molecule has 16 heterocycles. The Hall–Kier alpha value is -15.0. The van der Waals surface area contributed by atoms with Crippen LogP contribution in [0.2, 0.25) is 25.1 Å². The van der Waals surface area contributed by atoms with Crippen LogP contribution in [0.15, 0.2) is 181 Å². The molecule has 20 aromatic rings. The van der Waals surface area contributed by atoms with E-state index in [4.69, 9.17) is 75.7 Å². The van der Waals surface area contributed by atoms with E-state index in [1.165, 1.54) is 40.8 Å². The Bertz CT molecular complexity index is 7390. The van der Waals surface area contributed by atoms with Crippen molar-refractivity contribution in [2.45, 2.75) is 37.5 Å². The van der Waals surface area contributed by atoms with Gasteiger partial charge in [0.2, 0.25) is 29.1 Å². The second-order valence-electron chi connectivity index (χ2n) is 25.5. The van der Waals surface area contributed by atoms with E-state index in [9.17, 15) is 19.2 Å². The van der Waals surface area contributed by atoms with Gasteiger partial charge in [-0.25, -0.2) is 84.0 Å². The highest BCUT2D eigenvalue weighted by molar-refractivity contribution is 6.36. The number of tetrazole rings is 3. The number of aryl methyl sites for hydroxylation is 2. The first-order valence-corrected chi connectivity index (χ1v) is 36.2. The van der Waals surface area contributed by atoms with Crippen molar-refractivity contribution < 1.29 is 26.7 Å². The molecular weight excluding hydrogens is 1630 g/mol. The lowest BCUT2D eigenvalue weighted by Crippen LogP contribution is -2.08. The zero-order valence-corrected chi connectivity index (χ0v) is 63.0. The molecule has 2 aliphatic rings. The van der Waals surface area contributed by atoms with Crippen LogP contribution in [0.25, 0.3) is 164 Å². The molecule has 42 nitrogen and oxygen atoms in total. The maximum absolute atomic E-state index is 11.6. The molecule has 4 aromatic carbocycles. The molecule has 0 atom stereocenters. The molecule has 0 aliphatic heterocycles. The summed E-state index contributed by atoms with van der Waals surface area (Å²) in [5, 5.41) is 50.5. The van der Waals surface area contributed by atoms with Crippen molar-refractivity contribution in [1.82, 2.24) is 160 Å². The predicted octanol–water partition coefficient (Wildman–Crippen LogP) is 10.8. The van der Waals surface area contributed by atoms with Crippen molar-refractivity contribution in [3.05, 3.63) is 214 Å². The number of halogens is 5. The number of aromatic nitrogens is 32. The van der Waals surface area contributed by atoms with Gasteiger partial charge in [0.1, 0.15) is 71.1 Å². The van der Waals surface area contributed by atoms with Gasteiger partial charge in [0.25, 0.3) is 0 Å². The first-order valence-electron chi connectivity index (χ1n) is 34.3. The highest BCUT2D eigenvalue weighted by atomic mass is 35.5. The van der Waals surface area contributed by atoms with E-state index in [1.54, 1.807) is 81.0 Å². The van der Waals surface area contributed by atoms with E-state index in [0.29, 0.717) is 162 Å². The molecule has 0 saturated heterocycles. The number of oxazole rings is 4. The smallest absolute Gasteiger partial charge is 0.439 e. The van der Waals surface area contributed by atoms with Crippen LogP contribution in [-0.4, -0.2) is 160 Å². The Balaban J connectivity index is 0.000000101. The van der Waals surface area contributed by atoms with Crippen molar-refractivity contribution >= 4 is 108 Å². The monoisotopic (exact) mass is 1670 g/mol. The molecule has 0 bridgehead atoms. The number of rotatable bonds is 12. The van der Waals surface area contributed by atoms with Crippen molar-refractivity contribution in [3.8, 4) is 114 Å². The number of nitrogens with one attached hydrogen (secondary N) is 5. The Kier molecular flexibility index (Phi) is 19.4. The van der Waals surface area contributed by atoms with Gasteiger partial charge in [0.15, 0.2) is 39.8 Å². The molecule has 5 N–H and O–H groups in total. The Morgan fingerprint density at radius 2 is 0.735 bits per heavy atom. The van der Waals surface area contributed by atoms with Crippen LogP contribution < -0.4 is 23.0 Å². The molecule has 22 rings (SSSR count). The van der Waals surface area contributed by atoms with E-state index >= 15 is 0 Å². The van der Waals surface area contributed by atoms with Crippen LogP contribution in [0.4, 0.5) is 0 Å². The summed E-state index contributed by atoms with van der Waals surface area (Å²) in [5.74, 6) is 1.62. The van der Waals surface area contributed by atoms with Gasteiger partial charge in [0.05, 0.1) is 64.6 Å². The fourth-order valence-corrected chi connectivity index (χ4v) is 13.1. The lowest BCUT2D eigenvalue weighted by molar-refractivity contribution is 0.387. The highest BCUT2D eigenvalue weighted by Gasteiger charge is 2.31. The number of H-pyrrole nitrogens is 5. The van der Waals surface area contributed by atoms with Crippen LogP contribution in [0.3, 0.4) is 0 Å². The number of hydrogen-bond acceptors (Lipinski definition) is 34. The normalized spacial score (nSPS) is 12.5. The maximum Gasteiger partial charge on any atom is 0.439 e. The second kappa shape index (κ2) is 30.8. The average molecular weight is 1670 g/mol. The van der Waals surface area contributed by atoms with Crippen LogP contribution in [0.5, 0.6) is 0 Å². The van der Waals surface area contributed by atoms with Crippen LogP contribution in [0, 0.1) is 0 Å². The molecule has 2 saturated carbocycles. The van der Waals surface area contributed by atoms with Gasteiger partial charge < -0.3 is 22.1 Å². The number of nitrogens with zero attached hydrogens (tertiary/aromatic N) is 27. The summed E-state index contributed by atoms with van der Waals surface area (Å²) in [4.78, 5) is 105. The molecule has 16 aromatic heterocycles. The number of aromatic amines is 5. The van der Waals surface area contributed by atoms with E-state index in [0.717, 1.165) is 59.7 Å². The fraction of sp³-hybridized carbons (Fsp3) is 0.114. The van der Waals surface area contributed by atoms with Crippen molar-refractivity contribution in [1.29, 1.82) is 0 Å². The molecule has 47 heteroatoms. The molecular formula is C70H43Cl5N32O10. The molecule has 0 unspecified atom stereocenters. The minimum Gasteiger partial charge on any atom is -0.439 e. The SMILES string of the molecule is Clc1cc(-c2cc(-c3nn[nH]n3)ncn2)cc2nc(C3CC3)oc12.Clc1cc(-c2cc(-c3nn[nH]n3)ncn2)cn2ccnc12.Cn1c(=O)oc2c(Cl)cc(-c3cc(-c4nn[nH]n4)ncn3)cc21.Cn1c(=O)oc2c(Cl)cc(-c3cc(-c4noc(=O)[nH]4)ncn3)cc21.O=c1[nH]c(-c2cc(-c3cc(Cl)c4oc(C5CC5)nc4c3)ncn2)no1. The minimum atomic E-state index is -0.678. The van der Waals surface area contributed by atoms with E-state index < -0.39 is 23.0 Å². The third-order valence-electron chi connectivity index (χ3n) is 17.8. The van der Waals surface area contributed by atoms with Crippen LogP contribution >= 0.6 is 58.0 Å². The summed E-state index contributed by atoms with van der Waals surface area (Å²) in [6.45, 7) is 0. The summed E-state index contributed by atoms with van der Waals surface area (Å²) in [6.07, 6.45) is 16.9. The summed E-state index contributed by atoms with van der Waals surface area (Å²) < 4.78 is 35.3. The van der Waals surface area contributed by atoms with E-state index in [1.807, 2.05) is 41.1 Å². The van der Waals surface area contributed by atoms with Crippen LogP contribution in [0.1, 0.15) is 49.3 Å². The standard InChI is InChI=1S/C16H10ClN5O3.C15H10ClN7O.C14H8ClN5O4.C13H8ClN7O2.C12H7ClN8/c17-9-3-8(4-11-13(9)24-15(20-11)7-1-2-7)10-5-12(19-6-18-10)14-21-16(23)25-22-14;16-9-3-8(4-11-13(9)24-15(19-11)7-1-2-7)10-5-12(18-6-17-10)14-20-22-23-21-14;1-20-10-3-6(2-7(15)11(10)23-14(20)22)8-4-9(17-5-16-8)12-18-13(21)24-19-12;1-21-10-3-6(2-7(14)11(10)23-13(21)22)8-4-9(16-5-15-8)12-17-19-20-18-12;13-8-3-7(5-21-2-1-14-12(8)21)9-4-10(16-6-15-9)11-17-19-20-18-11/h3-7H,1-2H2,(H,21,22,23);3-7H,1-2H2,(H,20,21,22,23);2-5H,1H3,(H,18,19,21);2-5H,1H3,(H,17,18,19,20);1-6H,(H,17,18,19,20). The molecule has 0 spiro atoms. The molecule has 0 amide bonds. The van der Waals surface area contributed by atoms with Crippen molar-refractivity contribution in [2.75, 3.05) is 0 Å². The first-order chi connectivity index (χ1) is 56.9. The van der Waals surface area contributed by atoms with Crippen LogP contribution in [-0.2, 0) is 14.1 Å². The van der Waals surface area contributed by atoms with Crippen molar-refractivity contribution in [2.24, 2.45) is 14.1 Å². The van der Waals surface area contributed by atoms with Gasteiger partial charge in [-0.3, -0.25) is 28.1 Å². The molecule has 117 heavy (non-hydrogen) atoms. The number of pyridine rings is 1. The van der Waals surface area contributed by atoms with E-state index in [2.05, 4.69) is 156 Å². The third-order valence-corrected chi connectivity index (χ3v) is 19.2. The second-order valence-corrected chi connectivity index (χ2v) is 27.5. The summed E-state index contributed by atoms with van der Waals surface area (Å²) in [7, 11) is 3.19. The quantitative estimate of drug-likeness (QED) is 0.0758. The third kappa shape index (κ3) is 15.3. The molecule has 2 fully saturated rings. The zero-order valence-electron chi connectivity index (χ0n) is 59.2. The van der Waals surface area contributed by atoms with Crippen molar-refractivity contribution in [3.63, 3.8) is 0 Å². The average Bonchev–Trinajstić information content (AvgIpc) is 1.64. The summed E-state index contributed by atoms with van der Waals surface area (Å²) in [5.41, 5.74) is 14.6. The predicted molar refractivity (Wildman–Crippen MR) is 412 cm³/mol. The molecule has 2 aliphatic carbocycles. The summed E-state index contributed by atoms with van der Waals surface area (Å²) in [6, 6.07) is 24.6. The Morgan fingerprint density at radius 3 is 1.10 bits per heavy atom. The van der Waals surface area contributed by atoms with E-state index in [-0.39, 0.29) is 16.7 Å². The first kappa shape index (κ1) is 73.5. The Labute approximate surface area is 671 Å². The zero-order chi connectivity index (χ0) is 80.1. The largest absolute Gasteiger partial charge is 0.439 e. The fourth-order valence-electron chi connectivity index (χ4n) is 11.8. The van der Waals surface area contributed by atoms with Gasteiger partial charge in [-0.05, 0) is 126 Å². The van der Waals surface area contributed by atoms with Gasteiger partial charge >= 0.3 is 23.0 Å². The van der Waals surface area contributed by atoms with Gasteiger partial charge in [-0.1, -0.05) is 68.3 Å². The Morgan fingerprint density at radius 1 is 0.385 bits per heavy atom. The summed E-state index contributed by atoms with van der Waals surface area (Å²) >= 11 is 31.4. The van der Waals surface area contributed by atoms with Gasteiger partial charge in [0, 0.05) is 72.3 Å². The number of benzene rings is 4. The number of hydrogen-bond donors (Lipinski definition) is 5. The molecule has 0 radical (unpaired) electrons. The van der Waals surface area contributed by atoms with Gasteiger partial charge in [-0.2, -0.15) is 15.6 Å². The van der Waals surface area contributed by atoms with Gasteiger partial charge in [-0.15, -0.1) is 30.6 Å². The molecule has 578 valence electrons. The maximum atomic E-state index is 11.6.